The Labute approximate surface area is 63.8 Å². The minimum Gasteiger partial charge on any atom is -0.478 e. The molecule has 1 N–H and O–H groups in total. The van der Waals surface area contributed by atoms with Crippen molar-refractivity contribution in [1.82, 2.24) is 9.78 Å². The summed E-state index contributed by atoms with van der Waals surface area (Å²) < 4.78 is 1.64. The van der Waals surface area contributed by atoms with E-state index < -0.39 is 5.97 Å². The molecule has 0 saturated heterocycles. The third-order valence-electron chi connectivity index (χ3n) is 1.11. The molecule has 11 heavy (non-hydrogen) atoms. The van der Waals surface area contributed by atoms with Crippen molar-refractivity contribution in [3.8, 4) is 0 Å². The molecule has 1 rings (SSSR count). The van der Waals surface area contributed by atoms with Crippen LogP contribution in [-0.2, 0) is 11.3 Å². The summed E-state index contributed by atoms with van der Waals surface area (Å²) in [4.78, 5) is 10.0. The van der Waals surface area contributed by atoms with Gasteiger partial charge in [0.05, 0.1) is 6.54 Å². The van der Waals surface area contributed by atoms with Crippen LogP contribution in [0.4, 0.5) is 0 Å². The summed E-state index contributed by atoms with van der Waals surface area (Å²) in [6.07, 6.45) is 6.05. The van der Waals surface area contributed by atoms with Gasteiger partial charge in [-0.2, -0.15) is 5.10 Å². The van der Waals surface area contributed by atoms with E-state index >= 15 is 0 Å². The summed E-state index contributed by atoms with van der Waals surface area (Å²) in [5, 5.41) is 12.1. The van der Waals surface area contributed by atoms with Crippen LogP contribution >= 0.6 is 0 Å². The molecule has 0 aliphatic heterocycles. The predicted octanol–water partition coefficient (Wildman–Crippen LogP) is 0.524. The molecule has 0 spiro atoms. The Morgan fingerprint density at radius 3 is 3.09 bits per heavy atom. The second-order valence-corrected chi connectivity index (χ2v) is 1.97. The molecule has 0 unspecified atom stereocenters. The molecular weight excluding hydrogens is 144 g/mol. The van der Waals surface area contributed by atoms with Crippen molar-refractivity contribution in [2.75, 3.05) is 0 Å². The Morgan fingerprint density at radius 2 is 2.55 bits per heavy atom. The van der Waals surface area contributed by atoms with Crippen LogP contribution in [0.15, 0.2) is 30.6 Å². The quantitative estimate of drug-likeness (QED) is 0.642. The number of carboxylic acids is 1. The number of aromatic nitrogens is 2. The highest BCUT2D eigenvalue weighted by Crippen LogP contribution is 1.85. The van der Waals surface area contributed by atoms with Gasteiger partial charge in [-0.15, -0.1) is 0 Å². The average Bonchev–Trinajstić information content (AvgIpc) is 2.39. The zero-order chi connectivity index (χ0) is 8.10. The number of allylic oxidation sites excluding steroid dienone is 1. The highest BCUT2D eigenvalue weighted by Gasteiger charge is 1.86. The first-order valence-corrected chi connectivity index (χ1v) is 3.16. The monoisotopic (exact) mass is 152 g/mol. The van der Waals surface area contributed by atoms with Crippen molar-refractivity contribution in [2.24, 2.45) is 0 Å². The van der Waals surface area contributed by atoms with E-state index in [9.17, 15) is 4.79 Å². The standard InChI is InChI=1S/C7H8N2O2/c10-7(11)3-1-5-9-6-2-4-8-9/h1-4,6H,5H2,(H,10,11)/b3-1+. The first-order valence-electron chi connectivity index (χ1n) is 3.16. The third kappa shape index (κ3) is 2.66. The zero-order valence-corrected chi connectivity index (χ0v) is 5.84. The Bertz CT molecular complexity index is 251. The molecular formula is C7H8N2O2. The third-order valence-corrected chi connectivity index (χ3v) is 1.11. The number of hydrogen-bond donors (Lipinski definition) is 1. The normalized spacial score (nSPS) is 10.5. The van der Waals surface area contributed by atoms with Crippen LogP contribution in [0.2, 0.25) is 0 Å². The Hall–Kier alpha value is -1.58. The second kappa shape index (κ2) is 3.55. The Kier molecular flexibility index (Phi) is 2.43. The smallest absolute Gasteiger partial charge is 0.328 e. The van der Waals surface area contributed by atoms with Gasteiger partial charge >= 0.3 is 5.97 Å². The van der Waals surface area contributed by atoms with E-state index in [0.717, 1.165) is 6.08 Å². The molecule has 0 fully saturated rings. The molecule has 0 aliphatic rings. The minimum atomic E-state index is -0.933. The van der Waals surface area contributed by atoms with Gasteiger partial charge in [-0.1, -0.05) is 6.08 Å². The summed E-state index contributed by atoms with van der Waals surface area (Å²) in [6, 6.07) is 1.79. The van der Waals surface area contributed by atoms with Gasteiger partial charge in [-0.25, -0.2) is 4.79 Å². The maximum Gasteiger partial charge on any atom is 0.328 e. The SMILES string of the molecule is O=C(O)/C=C/Cn1cccn1. The van der Waals surface area contributed by atoms with Gasteiger partial charge in [0.2, 0.25) is 0 Å². The van der Waals surface area contributed by atoms with Crippen LogP contribution in [-0.4, -0.2) is 20.9 Å². The number of carbonyl (C=O) groups is 1. The van der Waals surface area contributed by atoms with Crippen molar-refractivity contribution in [3.05, 3.63) is 30.6 Å². The van der Waals surface area contributed by atoms with Crippen LogP contribution in [0.1, 0.15) is 0 Å². The van der Waals surface area contributed by atoms with E-state index in [1.807, 2.05) is 0 Å². The summed E-state index contributed by atoms with van der Waals surface area (Å²) >= 11 is 0. The Balaban J connectivity index is 2.40. The van der Waals surface area contributed by atoms with Crippen LogP contribution < -0.4 is 0 Å². The highest BCUT2D eigenvalue weighted by molar-refractivity contribution is 5.79. The van der Waals surface area contributed by atoms with Crippen molar-refractivity contribution in [3.63, 3.8) is 0 Å². The van der Waals surface area contributed by atoms with Gasteiger partial charge in [0.15, 0.2) is 0 Å². The second-order valence-electron chi connectivity index (χ2n) is 1.97. The lowest BCUT2D eigenvalue weighted by atomic mass is 10.5. The lowest BCUT2D eigenvalue weighted by Crippen LogP contribution is -1.95. The van der Waals surface area contributed by atoms with E-state index in [1.54, 1.807) is 23.1 Å². The van der Waals surface area contributed by atoms with E-state index in [-0.39, 0.29) is 0 Å². The Morgan fingerprint density at radius 1 is 1.73 bits per heavy atom. The molecule has 0 aromatic carbocycles. The molecule has 0 amide bonds. The first kappa shape index (κ1) is 7.53. The van der Waals surface area contributed by atoms with E-state index in [1.165, 1.54) is 6.08 Å². The lowest BCUT2D eigenvalue weighted by molar-refractivity contribution is -0.131. The molecule has 0 saturated carbocycles. The van der Waals surface area contributed by atoms with Gasteiger partial charge < -0.3 is 5.11 Å². The molecule has 0 atom stereocenters. The number of aliphatic carboxylic acids is 1. The van der Waals surface area contributed by atoms with Crippen molar-refractivity contribution < 1.29 is 9.90 Å². The summed E-state index contributed by atoms with van der Waals surface area (Å²) in [6.45, 7) is 0.499. The lowest BCUT2D eigenvalue weighted by Gasteiger charge is -1.91. The van der Waals surface area contributed by atoms with Crippen LogP contribution in [0.3, 0.4) is 0 Å². The molecule has 4 heteroatoms. The van der Waals surface area contributed by atoms with Gasteiger partial charge in [0, 0.05) is 18.5 Å². The van der Waals surface area contributed by atoms with Crippen molar-refractivity contribution in [1.29, 1.82) is 0 Å². The van der Waals surface area contributed by atoms with Crippen LogP contribution in [0.25, 0.3) is 0 Å². The predicted molar refractivity (Wildman–Crippen MR) is 39.0 cm³/mol. The van der Waals surface area contributed by atoms with E-state index in [4.69, 9.17) is 5.11 Å². The molecule has 4 nitrogen and oxygen atoms in total. The van der Waals surface area contributed by atoms with Gasteiger partial charge in [-0.3, -0.25) is 4.68 Å². The van der Waals surface area contributed by atoms with Crippen molar-refractivity contribution >= 4 is 5.97 Å². The highest BCUT2D eigenvalue weighted by atomic mass is 16.4. The molecule has 0 aliphatic carbocycles. The summed E-state index contributed by atoms with van der Waals surface area (Å²) in [5.74, 6) is -0.933. The molecule has 58 valence electrons. The maximum absolute atomic E-state index is 10.0. The van der Waals surface area contributed by atoms with E-state index in [2.05, 4.69) is 5.10 Å². The summed E-state index contributed by atoms with van der Waals surface area (Å²) in [5.41, 5.74) is 0. The molecule has 0 bridgehead atoms. The average molecular weight is 152 g/mol. The number of hydrogen-bond acceptors (Lipinski definition) is 2. The van der Waals surface area contributed by atoms with Crippen LogP contribution in [0.5, 0.6) is 0 Å². The largest absolute Gasteiger partial charge is 0.478 e. The fourth-order valence-electron chi connectivity index (χ4n) is 0.670. The molecule has 0 radical (unpaired) electrons. The number of rotatable bonds is 3. The zero-order valence-electron chi connectivity index (χ0n) is 5.84. The molecule has 1 aromatic rings. The summed E-state index contributed by atoms with van der Waals surface area (Å²) in [7, 11) is 0. The van der Waals surface area contributed by atoms with Gasteiger partial charge in [-0.05, 0) is 6.07 Å². The van der Waals surface area contributed by atoms with Crippen molar-refractivity contribution in [2.45, 2.75) is 6.54 Å². The fraction of sp³-hybridized carbons (Fsp3) is 0.143. The molecule has 1 aromatic heterocycles. The molecule has 1 heterocycles. The first-order chi connectivity index (χ1) is 5.29. The number of carboxylic acid groups (broad SMARTS) is 1. The van der Waals surface area contributed by atoms with E-state index in [0.29, 0.717) is 6.54 Å². The fourth-order valence-corrected chi connectivity index (χ4v) is 0.670. The maximum atomic E-state index is 10.0. The number of nitrogens with zero attached hydrogens (tertiary/aromatic N) is 2. The minimum absolute atomic E-state index is 0.499. The topological polar surface area (TPSA) is 55.1 Å². The van der Waals surface area contributed by atoms with Gasteiger partial charge in [0.1, 0.15) is 0 Å². The van der Waals surface area contributed by atoms with Crippen LogP contribution in [0, 0.1) is 0 Å². The van der Waals surface area contributed by atoms with Gasteiger partial charge in [0.25, 0.3) is 0 Å².